The first-order chi connectivity index (χ1) is 14.8. The molecule has 2 heterocycles. The molecule has 168 valence electrons. The van der Waals surface area contributed by atoms with Crippen LogP contribution in [-0.4, -0.2) is 54.9 Å². The maximum Gasteiger partial charge on any atom is 0.248 e. The number of carbonyl (C=O) groups excluding carboxylic acids is 1. The highest BCUT2D eigenvalue weighted by Gasteiger charge is 2.36. The molecule has 0 N–H and O–H groups in total. The van der Waals surface area contributed by atoms with Gasteiger partial charge in [0, 0.05) is 32.1 Å². The fraction of sp³-hybridized carbons (Fsp3) is 0.478. The van der Waals surface area contributed by atoms with Crippen LogP contribution in [0.3, 0.4) is 0 Å². The van der Waals surface area contributed by atoms with Gasteiger partial charge >= 0.3 is 0 Å². The van der Waals surface area contributed by atoms with Crippen molar-refractivity contribution in [3.05, 3.63) is 46.8 Å². The quantitative estimate of drug-likeness (QED) is 0.648. The molecule has 1 aliphatic heterocycles. The molecule has 3 rings (SSSR count). The molecule has 0 unspecified atom stereocenters. The Bertz CT molecular complexity index is 1030. The summed E-state index contributed by atoms with van der Waals surface area (Å²) in [6.45, 7) is 9.53. The predicted molar refractivity (Wildman–Crippen MR) is 121 cm³/mol. The standard InChI is InChI=1S/C23H31N3O4S/c1-5-25(6-2)23(27)20-13-15-26(16-14-20)31(28,29)22-18(4)24-30-21(22)12-11-19-9-7-17(3)8-10-19/h7-12,20H,5-6,13-16H2,1-4H3. The lowest BCUT2D eigenvalue weighted by atomic mass is 9.96. The van der Waals surface area contributed by atoms with Crippen LogP contribution in [0.1, 0.15) is 49.3 Å². The van der Waals surface area contributed by atoms with Gasteiger partial charge in [-0.2, -0.15) is 4.31 Å². The maximum atomic E-state index is 13.4. The second-order valence-corrected chi connectivity index (χ2v) is 9.77. The number of benzene rings is 1. The number of carbonyl (C=O) groups is 1. The van der Waals surface area contributed by atoms with Gasteiger partial charge in [0.1, 0.15) is 5.69 Å². The summed E-state index contributed by atoms with van der Waals surface area (Å²) in [4.78, 5) is 14.5. The molecule has 7 nitrogen and oxygen atoms in total. The van der Waals surface area contributed by atoms with E-state index in [1.807, 2.05) is 56.0 Å². The molecule has 1 aliphatic rings. The molecule has 8 heteroatoms. The van der Waals surface area contributed by atoms with Crippen LogP contribution in [0.25, 0.3) is 12.2 Å². The summed E-state index contributed by atoms with van der Waals surface area (Å²) in [5.41, 5.74) is 2.43. The second kappa shape index (κ2) is 9.78. The lowest BCUT2D eigenvalue weighted by molar-refractivity contribution is -0.136. The van der Waals surface area contributed by atoms with Crippen LogP contribution in [0, 0.1) is 19.8 Å². The van der Waals surface area contributed by atoms with Crippen molar-refractivity contribution in [3.63, 3.8) is 0 Å². The minimum atomic E-state index is -3.77. The zero-order chi connectivity index (χ0) is 22.6. The Morgan fingerprint density at radius 2 is 1.74 bits per heavy atom. The number of amides is 1. The van der Waals surface area contributed by atoms with Crippen molar-refractivity contribution in [2.24, 2.45) is 5.92 Å². The first kappa shape index (κ1) is 23.2. The third-order valence-corrected chi connectivity index (χ3v) is 7.87. The van der Waals surface area contributed by atoms with Crippen LogP contribution in [-0.2, 0) is 14.8 Å². The van der Waals surface area contributed by atoms with E-state index in [9.17, 15) is 13.2 Å². The Balaban J connectivity index is 1.76. The number of aryl methyl sites for hydroxylation is 2. The molecule has 0 bridgehead atoms. The molecular formula is C23H31N3O4S. The number of nitrogens with zero attached hydrogens (tertiary/aromatic N) is 3. The number of sulfonamides is 1. The first-order valence-corrected chi connectivity index (χ1v) is 12.2. The lowest BCUT2D eigenvalue weighted by Crippen LogP contribution is -2.44. The SMILES string of the molecule is CCN(CC)C(=O)C1CCN(S(=O)(=O)c2c(C)noc2C=Cc2ccc(C)cc2)CC1. The first-order valence-electron chi connectivity index (χ1n) is 10.8. The van der Waals surface area contributed by atoms with E-state index >= 15 is 0 Å². The molecule has 2 aromatic rings. The molecule has 1 amide bonds. The van der Waals surface area contributed by atoms with E-state index in [1.165, 1.54) is 4.31 Å². The van der Waals surface area contributed by atoms with E-state index in [4.69, 9.17) is 4.52 Å². The van der Waals surface area contributed by atoms with E-state index < -0.39 is 10.0 Å². The monoisotopic (exact) mass is 445 g/mol. The van der Waals surface area contributed by atoms with Gasteiger partial charge in [-0.1, -0.05) is 41.1 Å². The summed E-state index contributed by atoms with van der Waals surface area (Å²) < 4.78 is 33.5. The van der Waals surface area contributed by atoms with E-state index in [2.05, 4.69) is 5.16 Å². The molecule has 0 radical (unpaired) electrons. The Labute approximate surface area is 184 Å². The van der Waals surface area contributed by atoms with E-state index in [1.54, 1.807) is 13.0 Å². The van der Waals surface area contributed by atoms with Crippen molar-refractivity contribution in [2.75, 3.05) is 26.2 Å². The largest absolute Gasteiger partial charge is 0.355 e. The molecule has 1 saturated heterocycles. The summed E-state index contributed by atoms with van der Waals surface area (Å²) >= 11 is 0. The van der Waals surface area contributed by atoms with Gasteiger partial charge < -0.3 is 9.42 Å². The predicted octanol–water partition coefficient (Wildman–Crippen LogP) is 3.73. The zero-order valence-electron chi connectivity index (χ0n) is 18.7. The minimum absolute atomic E-state index is 0.101. The maximum absolute atomic E-state index is 13.4. The summed E-state index contributed by atoms with van der Waals surface area (Å²) in [6.07, 6.45) is 4.50. The van der Waals surface area contributed by atoms with Crippen molar-refractivity contribution < 1.29 is 17.7 Å². The fourth-order valence-electron chi connectivity index (χ4n) is 3.91. The van der Waals surface area contributed by atoms with E-state index in [0.717, 1.165) is 11.1 Å². The zero-order valence-corrected chi connectivity index (χ0v) is 19.5. The lowest BCUT2D eigenvalue weighted by Gasteiger charge is -2.33. The molecule has 0 spiro atoms. The van der Waals surface area contributed by atoms with Crippen LogP contribution in [0.15, 0.2) is 33.7 Å². The molecule has 0 saturated carbocycles. The second-order valence-electron chi connectivity index (χ2n) is 7.89. The molecule has 31 heavy (non-hydrogen) atoms. The third-order valence-electron chi connectivity index (χ3n) is 5.81. The van der Waals surface area contributed by atoms with Gasteiger partial charge in [0.25, 0.3) is 0 Å². The number of hydrogen-bond acceptors (Lipinski definition) is 5. The molecule has 1 aromatic heterocycles. The van der Waals surface area contributed by atoms with Crippen LogP contribution in [0.4, 0.5) is 0 Å². The molecule has 1 aromatic carbocycles. The number of rotatable bonds is 7. The third kappa shape index (κ3) is 5.07. The Hall–Kier alpha value is -2.45. The Morgan fingerprint density at radius 3 is 2.32 bits per heavy atom. The summed E-state index contributed by atoms with van der Waals surface area (Å²) in [5, 5.41) is 3.90. The van der Waals surface area contributed by atoms with E-state index in [-0.39, 0.29) is 22.5 Å². The van der Waals surface area contributed by atoms with Gasteiger partial charge in [0.05, 0.1) is 0 Å². The summed E-state index contributed by atoms with van der Waals surface area (Å²) in [7, 11) is -3.77. The van der Waals surface area contributed by atoms with Crippen LogP contribution >= 0.6 is 0 Å². The van der Waals surface area contributed by atoms with Gasteiger partial charge in [0.2, 0.25) is 15.9 Å². The Morgan fingerprint density at radius 1 is 1.13 bits per heavy atom. The fourth-order valence-corrected chi connectivity index (χ4v) is 5.63. The summed E-state index contributed by atoms with van der Waals surface area (Å²) in [5.74, 6) is 0.208. The van der Waals surface area contributed by atoms with Gasteiger partial charge in [-0.15, -0.1) is 0 Å². The van der Waals surface area contributed by atoms with Gasteiger partial charge in [-0.05, 0) is 52.2 Å². The average molecular weight is 446 g/mol. The van der Waals surface area contributed by atoms with Crippen molar-refractivity contribution in [3.8, 4) is 0 Å². The normalized spacial score (nSPS) is 16.1. The number of piperidine rings is 1. The van der Waals surface area contributed by atoms with Gasteiger partial charge in [0.15, 0.2) is 10.7 Å². The molecule has 1 fully saturated rings. The highest BCUT2D eigenvalue weighted by molar-refractivity contribution is 7.89. The average Bonchev–Trinajstić information content (AvgIpc) is 3.15. The van der Waals surface area contributed by atoms with Crippen molar-refractivity contribution in [1.82, 2.24) is 14.4 Å². The highest BCUT2D eigenvalue weighted by atomic mass is 32.2. The van der Waals surface area contributed by atoms with Gasteiger partial charge in [-0.3, -0.25) is 4.79 Å². The van der Waals surface area contributed by atoms with Crippen molar-refractivity contribution in [1.29, 1.82) is 0 Å². The van der Waals surface area contributed by atoms with Crippen LogP contribution < -0.4 is 0 Å². The molecule has 0 atom stereocenters. The Kier molecular flexibility index (Phi) is 7.33. The smallest absolute Gasteiger partial charge is 0.248 e. The molecular weight excluding hydrogens is 414 g/mol. The number of hydrogen-bond donors (Lipinski definition) is 0. The van der Waals surface area contributed by atoms with Gasteiger partial charge in [-0.25, -0.2) is 8.42 Å². The summed E-state index contributed by atoms with van der Waals surface area (Å²) in [6, 6.07) is 7.90. The van der Waals surface area contributed by atoms with Crippen LogP contribution in [0.2, 0.25) is 0 Å². The van der Waals surface area contributed by atoms with E-state index in [0.29, 0.717) is 44.7 Å². The minimum Gasteiger partial charge on any atom is -0.355 e. The van der Waals surface area contributed by atoms with Crippen LogP contribution in [0.5, 0.6) is 0 Å². The van der Waals surface area contributed by atoms with Crippen molar-refractivity contribution >= 4 is 28.1 Å². The highest BCUT2D eigenvalue weighted by Crippen LogP contribution is 2.29. The topological polar surface area (TPSA) is 83.7 Å². The number of aromatic nitrogens is 1. The molecule has 0 aliphatic carbocycles. The van der Waals surface area contributed by atoms with Crippen molar-refractivity contribution in [2.45, 2.75) is 45.4 Å².